The molecule has 0 unspecified atom stereocenters. The largest absolute Gasteiger partial charge is 0.493 e. The van der Waals surface area contributed by atoms with E-state index in [9.17, 15) is 9.59 Å². The lowest BCUT2D eigenvalue weighted by molar-refractivity contribution is -0.118. The summed E-state index contributed by atoms with van der Waals surface area (Å²) in [5.74, 6) is -0.176. The molecule has 0 saturated heterocycles. The third-order valence-corrected chi connectivity index (χ3v) is 8.15. The summed E-state index contributed by atoms with van der Waals surface area (Å²) in [5, 5.41) is 13.2. The number of amides is 2. The summed E-state index contributed by atoms with van der Waals surface area (Å²) in [6.45, 7) is 5.70. The van der Waals surface area contributed by atoms with E-state index in [4.69, 9.17) is 21.1 Å². The zero-order valence-corrected chi connectivity index (χ0v) is 27.3. The van der Waals surface area contributed by atoms with Crippen LogP contribution in [-0.2, 0) is 4.79 Å². The highest BCUT2D eigenvalue weighted by molar-refractivity contribution is 7.14. The van der Waals surface area contributed by atoms with Gasteiger partial charge in [-0.25, -0.2) is 10.4 Å². The van der Waals surface area contributed by atoms with Crippen molar-refractivity contribution < 1.29 is 19.1 Å². The van der Waals surface area contributed by atoms with Gasteiger partial charge in [0.2, 0.25) is 0 Å². The molecule has 1 aromatic heterocycles. The highest BCUT2D eigenvalue weighted by atomic mass is 35.5. The minimum Gasteiger partial charge on any atom is -0.493 e. The first-order chi connectivity index (χ1) is 22.2. The Morgan fingerprint density at radius 2 is 1.76 bits per heavy atom. The lowest BCUT2D eigenvalue weighted by Gasteiger charge is -2.14. The molecule has 0 aliphatic heterocycles. The summed E-state index contributed by atoms with van der Waals surface area (Å²) in [6.07, 6.45) is 1.44. The molecule has 3 N–H and O–H groups in total. The quantitative estimate of drug-likeness (QED) is 0.0986. The van der Waals surface area contributed by atoms with E-state index in [1.54, 1.807) is 24.3 Å². The molecule has 2 amide bonds. The molecule has 9 nitrogen and oxygen atoms in total. The van der Waals surface area contributed by atoms with Gasteiger partial charge in [-0.15, -0.1) is 11.3 Å². The van der Waals surface area contributed by atoms with E-state index >= 15 is 0 Å². The van der Waals surface area contributed by atoms with Crippen LogP contribution in [0.25, 0.3) is 11.3 Å². The Bertz CT molecular complexity index is 1890. The van der Waals surface area contributed by atoms with Crippen molar-refractivity contribution in [2.45, 2.75) is 20.8 Å². The fraction of sp³-hybridized carbons (Fsp3) is 0.143. The number of benzene rings is 4. The van der Waals surface area contributed by atoms with Crippen LogP contribution in [-0.4, -0.2) is 36.7 Å². The average Bonchev–Trinajstić information content (AvgIpc) is 3.52. The van der Waals surface area contributed by atoms with Gasteiger partial charge >= 0.3 is 0 Å². The van der Waals surface area contributed by atoms with Gasteiger partial charge in [-0.1, -0.05) is 53.6 Å². The Morgan fingerprint density at radius 3 is 2.50 bits per heavy atom. The van der Waals surface area contributed by atoms with Crippen LogP contribution >= 0.6 is 22.9 Å². The average molecular weight is 654 g/mol. The van der Waals surface area contributed by atoms with Gasteiger partial charge in [0, 0.05) is 27.9 Å². The third kappa shape index (κ3) is 8.09. The van der Waals surface area contributed by atoms with E-state index in [1.807, 2.05) is 80.7 Å². The maximum absolute atomic E-state index is 12.7. The first-order valence-electron chi connectivity index (χ1n) is 14.3. The number of hydrogen-bond acceptors (Lipinski definition) is 8. The number of hydrogen-bond donors (Lipinski definition) is 3. The number of anilines is 3. The predicted molar refractivity (Wildman–Crippen MR) is 185 cm³/mol. The van der Waals surface area contributed by atoms with Gasteiger partial charge in [-0.3, -0.25) is 9.59 Å². The fourth-order valence-electron chi connectivity index (χ4n) is 4.41. The van der Waals surface area contributed by atoms with Gasteiger partial charge < -0.3 is 20.1 Å². The summed E-state index contributed by atoms with van der Waals surface area (Å²) in [6, 6.07) is 24.2. The molecule has 0 radical (unpaired) electrons. The first kappa shape index (κ1) is 32.2. The maximum Gasteiger partial charge on any atom is 0.271 e. The molecule has 0 spiro atoms. The summed E-state index contributed by atoms with van der Waals surface area (Å²) >= 11 is 7.97. The number of thiazole rings is 1. The molecular weight excluding hydrogens is 622 g/mol. The number of aryl methyl sites for hydroxylation is 2. The van der Waals surface area contributed by atoms with Gasteiger partial charge in [0.05, 0.1) is 24.0 Å². The molecule has 1 heterocycles. The van der Waals surface area contributed by atoms with Crippen molar-refractivity contribution >= 4 is 57.5 Å². The lowest BCUT2D eigenvalue weighted by Crippen LogP contribution is -2.21. The minimum atomic E-state index is -0.379. The second-order valence-electron chi connectivity index (χ2n) is 10.4. The molecule has 5 aromatic rings. The SMILES string of the molecule is COc1cc(/C=N/NC(=O)c2ccc(-c3csc(Nc4ccc(C)cc4)n3)cc2)cc(Cl)c1OCC(=O)Nc1cccc(C)c1C. The molecule has 0 saturated carbocycles. The number of methoxy groups -OCH3 is 1. The topological polar surface area (TPSA) is 114 Å². The van der Waals surface area contributed by atoms with Gasteiger partial charge in [-0.2, -0.15) is 5.10 Å². The number of rotatable bonds is 11. The van der Waals surface area contributed by atoms with E-state index in [0.29, 0.717) is 16.9 Å². The zero-order chi connectivity index (χ0) is 32.6. The first-order valence-corrected chi connectivity index (χ1v) is 15.6. The summed E-state index contributed by atoms with van der Waals surface area (Å²) in [7, 11) is 1.47. The summed E-state index contributed by atoms with van der Waals surface area (Å²) < 4.78 is 11.1. The number of nitrogens with one attached hydrogen (secondary N) is 3. The minimum absolute atomic E-state index is 0.222. The Balaban J connectivity index is 1.16. The van der Waals surface area contributed by atoms with Crippen LogP contribution in [0.4, 0.5) is 16.5 Å². The predicted octanol–water partition coefficient (Wildman–Crippen LogP) is 7.92. The number of ether oxygens (including phenoxy) is 2. The van der Waals surface area contributed by atoms with Crippen LogP contribution < -0.4 is 25.5 Å². The number of carbonyl (C=O) groups excluding carboxylic acids is 2. The molecule has 4 aromatic carbocycles. The molecule has 5 rings (SSSR count). The van der Waals surface area contributed by atoms with Crippen molar-refractivity contribution in [3.8, 4) is 22.8 Å². The number of carbonyl (C=O) groups is 2. The van der Waals surface area contributed by atoms with Crippen LogP contribution in [0.2, 0.25) is 5.02 Å². The van der Waals surface area contributed by atoms with E-state index in [1.165, 1.54) is 30.2 Å². The van der Waals surface area contributed by atoms with Crippen LogP contribution in [0.1, 0.15) is 32.6 Å². The highest BCUT2D eigenvalue weighted by Gasteiger charge is 2.15. The maximum atomic E-state index is 12.7. The number of halogens is 1. The standard InChI is InChI=1S/C35H32ClN5O4S/c1-21-8-14-27(15-9-21)38-35-40-30(20-46-35)25-10-12-26(13-11-25)34(43)41-37-18-24-16-28(36)33(31(17-24)44-4)45-19-32(42)39-29-7-5-6-22(2)23(29)3/h5-18,20H,19H2,1-4H3,(H,38,40)(H,39,42)(H,41,43)/b37-18+. The summed E-state index contributed by atoms with van der Waals surface area (Å²) in [5.41, 5.74) is 10.2. The molecule has 0 bridgehead atoms. The second kappa shape index (κ2) is 14.7. The number of hydrazone groups is 1. The molecule has 11 heteroatoms. The van der Waals surface area contributed by atoms with E-state index in [0.717, 1.165) is 38.9 Å². The van der Waals surface area contributed by atoms with Crippen molar-refractivity contribution in [2.24, 2.45) is 5.10 Å². The fourth-order valence-corrected chi connectivity index (χ4v) is 5.42. The highest BCUT2D eigenvalue weighted by Crippen LogP contribution is 2.36. The molecule has 0 aliphatic carbocycles. The Labute approximate surface area is 276 Å². The molecule has 46 heavy (non-hydrogen) atoms. The monoisotopic (exact) mass is 653 g/mol. The number of nitrogens with zero attached hydrogens (tertiary/aromatic N) is 2. The number of aromatic nitrogens is 1. The van der Waals surface area contributed by atoms with E-state index < -0.39 is 0 Å². The van der Waals surface area contributed by atoms with Crippen molar-refractivity contribution in [3.63, 3.8) is 0 Å². The van der Waals surface area contributed by atoms with E-state index in [2.05, 4.69) is 26.1 Å². The molecule has 234 valence electrons. The van der Waals surface area contributed by atoms with Gasteiger partial charge in [0.1, 0.15) is 0 Å². The molecule has 0 atom stereocenters. The Hall–Kier alpha value is -5.19. The Kier molecular flexibility index (Phi) is 10.3. The van der Waals surface area contributed by atoms with Gasteiger partial charge in [0.25, 0.3) is 11.8 Å². The molecule has 0 fully saturated rings. The van der Waals surface area contributed by atoms with Crippen molar-refractivity contribution in [1.29, 1.82) is 0 Å². The van der Waals surface area contributed by atoms with Crippen LogP contribution in [0.15, 0.2) is 89.3 Å². The van der Waals surface area contributed by atoms with Crippen LogP contribution in [0.3, 0.4) is 0 Å². The zero-order valence-electron chi connectivity index (χ0n) is 25.7. The van der Waals surface area contributed by atoms with Gasteiger partial charge in [-0.05, 0) is 79.9 Å². The lowest BCUT2D eigenvalue weighted by atomic mass is 10.1. The van der Waals surface area contributed by atoms with Crippen molar-refractivity contribution in [2.75, 3.05) is 24.4 Å². The van der Waals surface area contributed by atoms with Crippen molar-refractivity contribution in [1.82, 2.24) is 10.4 Å². The summed E-state index contributed by atoms with van der Waals surface area (Å²) in [4.78, 5) is 29.9. The van der Waals surface area contributed by atoms with Crippen molar-refractivity contribution in [3.05, 3.63) is 117 Å². The molecule has 0 aliphatic rings. The second-order valence-corrected chi connectivity index (χ2v) is 11.7. The Morgan fingerprint density at radius 1 is 1.00 bits per heavy atom. The normalized spacial score (nSPS) is 10.9. The third-order valence-electron chi connectivity index (χ3n) is 7.11. The van der Waals surface area contributed by atoms with Crippen LogP contribution in [0.5, 0.6) is 11.5 Å². The smallest absolute Gasteiger partial charge is 0.271 e. The van der Waals surface area contributed by atoms with Gasteiger partial charge in [0.15, 0.2) is 23.2 Å². The van der Waals surface area contributed by atoms with Crippen LogP contribution in [0, 0.1) is 20.8 Å². The molecular formula is C35H32ClN5O4S. The van der Waals surface area contributed by atoms with E-state index in [-0.39, 0.29) is 29.2 Å².